The fraction of sp³-hybridized carbons (Fsp3) is 0.812. The second-order valence-corrected chi connectivity index (χ2v) is 10.8. The summed E-state index contributed by atoms with van der Waals surface area (Å²) in [5.41, 5.74) is 4.15. The molecule has 0 heteroatoms. The maximum Gasteiger partial charge on any atom is -0.00469 e. The van der Waals surface area contributed by atoms with Gasteiger partial charge >= 0.3 is 0 Å². The topological polar surface area (TPSA) is 0 Å². The van der Waals surface area contributed by atoms with Gasteiger partial charge in [-0.3, -0.25) is 0 Å². The van der Waals surface area contributed by atoms with Crippen molar-refractivity contribution in [1.82, 2.24) is 0 Å². The van der Waals surface area contributed by atoms with E-state index in [9.17, 15) is 0 Å². The molecule has 0 aliphatic carbocycles. The van der Waals surface area contributed by atoms with Gasteiger partial charge in [-0.05, 0) is 60.5 Å². The molecule has 1 aromatic carbocycles. The van der Waals surface area contributed by atoms with Crippen LogP contribution >= 0.6 is 0 Å². The van der Waals surface area contributed by atoms with E-state index in [0.29, 0.717) is 10.8 Å². The molecule has 0 radical (unpaired) electrons. The number of benzene rings is 1. The normalized spacial score (nSPS) is 12.4. The van der Waals surface area contributed by atoms with Gasteiger partial charge in [-0.1, -0.05) is 143 Å². The molecule has 0 aliphatic heterocycles. The van der Waals surface area contributed by atoms with E-state index in [-0.39, 0.29) is 0 Å². The van der Waals surface area contributed by atoms with Crippen molar-refractivity contribution < 1.29 is 0 Å². The lowest BCUT2D eigenvalue weighted by Gasteiger charge is -2.39. The third kappa shape index (κ3) is 8.87. The molecular weight excluding hydrogens is 384 g/mol. The molecule has 0 bridgehead atoms. The fourth-order valence-corrected chi connectivity index (χ4v) is 5.89. The van der Waals surface area contributed by atoms with Gasteiger partial charge in [0.05, 0.1) is 0 Å². The number of rotatable bonds is 20. The van der Waals surface area contributed by atoms with Crippen LogP contribution < -0.4 is 0 Å². The number of unbranched alkanes of at least 4 members (excludes halogenated alkanes) is 6. The summed E-state index contributed by atoms with van der Waals surface area (Å²) in [5, 5.41) is 0. The van der Waals surface area contributed by atoms with Crippen molar-refractivity contribution in [3.8, 4) is 0 Å². The largest absolute Gasteiger partial charge is 0.0654 e. The molecule has 0 spiro atoms. The Hall–Kier alpha value is -0.780. The lowest BCUT2D eigenvalue weighted by Crippen LogP contribution is -2.30. The third-order valence-corrected chi connectivity index (χ3v) is 8.14. The Morgan fingerprint density at radius 2 is 0.688 bits per heavy atom. The minimum atomic E-state index is 0.393. The van der Waals surface area contributed by atoms with Crippen molar-refractivity contribution in [3.63, 3.8) is 0 Å². The zero-order chi connectivity index (χ0) is 23.7. The first-order valence-electron chi connectivity index (χ1n) is 14.7. The van der Waals surface area contributed by atoms with E-state index in [2.05, 4.69) is 65.8 Å². The Labute approximate surface area is 203 Å². The van der Waals surface area contributed by atoms with E-state index in [0.717, 1.165) is 0 Å². The van der Waals surface area contributed by atoms with Gasteiger partial charge in [0.25, 0.3) is 0 Å². The van der Waals surface area contributed by atoms with Gasteiger partial charge in [-0.15, -0.1) is 0 Å². The molecular formula is C32H58. The van der Waals surface area contributed by atoms with Gasteiger partial charge in [-0.25, -0.2) is 0 Å². The zero-order valence-corrected chi connectivity index (χ0v) is 23.0. The number of hydrogen-bond acceptors (Lipinski definition) is 0. The van der Waals surface area contributed by atoms with Crippen LogP contribution in [-0.4, -0.2) is 0 Å². The Morgan fingerprint density at radius 1 is 0.438 bits per heavy atom. The van der Waals surface area contributed by atoms with Gasteiger partial charge in [0.15, 0.2) is 0 Å². The summed E-state index contributed by atoms with van der Waals surface area (Å²) in [6, 6.07) is 10.2. The Bertz CT molecular complexity index is 478. The second-order valence-electron chi connectivity index (χ2n) is 10.8. The smallest absolute Gasteiger partial charge is 0.00469 e. The lowest BCUT2D eigenvalue weighted by atomic mass is 9.65. The standard InChI is InChI=1S/C32H58/c1-7-13-22-31(23-14-8-2,24-15-9-3)29-20-19-21-30(28-29)32(25-16-10-4,26-17-11-5)27-18-12-6/h19-21,28H,7-18,22-27H2,1-6H3. The predicted octanol–water partition coefficient (Wildman–Crippen LogP) is 11.3. The summed E-state index contributed by atoms with van der Waals surface area (Å²) in [4.78, 5) is 0. The Kier molecular flexibility index (Phi) is 15.3. The van der Waals surface area contributed by atoms with Crippen LogP contribution in [0.5, 0.6) is 0 Å². The van der Waals surface area contributed by atoms with Crippen molar-refractivity contribution in [2.24, 2.45) is 0 Å². The molecule has 0 atom stereocenters. The summed E-state index contributed by atoms with van der Waals surface area (Å²) >= 11 is 0. The predicted molar refractivity (Wildman–Crippen MR) is 147 cm³/mol. The highest BCUT2D eigenvalue weighted by molar-refractivity contribution is 5.35. The van der Waals surface area contributed by atoms with E-state index in [1.165, 1.54) is 116 Å². The van der Waals surface area contributed by atoms with Crippen LogP contribution in [0.15, 0.2) is 24.3 Å². The van der Waals surface area contributed by atoms with Gasteiger partial charge < -0.3 is 0 Å². The molecule has 0 nitrogen and oxygen atoms in total. The maximum absolute atomic E-state index is 2.72. The first-order chi connectivity index (χ1) is 15.6. The minimum absolute atomic E-state index is 0.393. The van der Waals surface area contributed by atoms with E-state index < -0.39 is 0 Å². The minimum Gasteiger partial charge on any atom is -0.0654 e. The molecule has 0 unspecified atom stereocenters. The molecule has 0 fully saturated rings. The van der Waals surface area contributed by atoms with Crippen LogP contribution in [0.1, 0.15) is 168 Å². The second kappa shape index (κ2) is 16.8. The quantitative estimate of drug-likeness (QED) is 0.188. The van der Waals surface area contributed by atoms with Crippen LogP contribution in [0.2, 0.25) is 0 Å². The zero-order valence-electron chi connectivity index (χ0n) is 23.0. The van der Waals surface area contributed by atoms with Gasteiger partial charge in [-0.2, -0.15) is 0 Å². The summed E-state index contributed by atoms with van der Waals surface area (Å²) in [6.45, 7) is 14.2. The monoisotopic (exact) mass is 442 g/mol. The molecule has 0 aromatic heterocycles. The highest BCUT2D eigenvalue weighted by atomic mass is 14.4. The molecule has 0 saturated heterocycles. The van der Waals surface area contributed by atoms with Crippen molar-refractivity contribution in [1.29, 1.82) is 0 Å². The summed E-state index contributed by atoms with van der Waals surface area (Å²) in [5.74, 6) is 0. The first kappa shape index (κ1) is 29.3. The van der Waals surface area contributed by atoms with Gasteiger partial charge in [0.1, 0.15) is 0 Å². The summed E-state index contributed by atoms with van der Waals surface area (Å²) < 4.78 is 0. The van der Waals surface area contributed by atoms with Crippen molar-refractivity contribution in [2.45, 2.75) is 168 Å². The molecule has 1 aromatic rings. The van der Waals surface area contributed by atoms with E-state index in [1.807, 2.05) is 0 Å². The van der Waals surface area contributed by atoms with E-state index >= 15 is 0 Å². The van der Waals surface area contributed by atoms with Crippen LogP contribution in [0.4, 0.5) is 0 Å². The molecule has 0 heterocycles. The summed E-state index contributed by atoms with van der Waals surface area (Å²) in [7, 11) is 0. The third-order valence-electron chi connectivity index (χ3n) is 8.14. The van der Waals surface area contributed by atoms with Crippen LogP contribution in [0.25, 0.3) is 0 Å². The van der Waals surface area contributed by atoms with Gasteiger partial charge in [0.2, 0.25) is 0 Å². The first-order valence-corrected chi connectivity index (χ1v) is 14.7. The van der Waals surface area contributed by atoms with Crippen LogP contribution in [0.3, 0.4) is 0 Å². The molecule has 1 rings (SSSR count). The molecule has 0 aliphatic rings. The SMILES string of the molecule is CCCCC(CCCC)(CCCC)c1cccc(C(CCCC)(CCCC)CCCC)c1. The fourth-order valence-electron chi connectivity index (χ4n) is 5.89. The molecule has 0 N–H and O–H groups in total. The highest BCUT2D eigenvalue weighted by Gasteiger charge is 2.34. The van der Waals surface area contributed by atoms with Crippen LogP contribution in [-0.2, 0) is 10.8 Å². The van der Waals surface area contributed by atoms with Crippen molar-refractivity contribution >= 4 is 0 Å². The molecule has 0 saturated carbocycles. The van der Waals surface area contributed by atoms with Crippen molar-refractivity contribution in [2.75, 3.05) is 0 Å². The van der Waals surface area contributed by atoms with Crippen molar-refractivity contribution in [3.05, 3.63) is 35.4 Å². The average molecular weight is 443 g/mol. The molecule has 32 heavy (non-hydrogen) atoms. The Balaban J connectivity index is 3.49. The summed E-state index contributed by atoms with van der Waals surface area (Å²) in [6.07, 6.45) is 24.3. The highest BCUT2D eigenvalue weighted by Crippen LogP contribution is 2.44. The van der Waals surface area contributed by atoms with Gasteiger partial charge in [0, 0.05) is 0 Å². The Morgan fingerprint density at radius 3 is 0.906 bits per heavy atom. The van der Waals surface area contributed by atoms with Crippen LogP contribution in [0, 0.1) is 0 Å². The molecule has 186 valence electrons. The number of hydrogen-bond donors (Lipinski definition) is 0. The lowest BCUT2D eigenvalue weighted by molar-refractivity contribution is 0.299. The van der Waals surface area contributed by atoms with E-state index in [1.54, 1.807) is 11.1 Å². The average Bonchev–Trinajstić information content (AvgIpc) is 2.83. The van der Waals surface area contributed by atoms with E-state index in [4.69, 9.17) is 0 Å². The maximum atomic E-state index is 2.72. The molecule has 0 amide bonds.